The highest BCUT2D eigenvalue weighted by atomic mass is 16.4. The van der Waals surface area contributed by atoms with E-state index in [0.29, 0.717) is 4.57 Å². The molecule has 0 unspecified atom stereocenters. The van der Waals surface area contributed by atoms with Crippen LogP contribution < -0.4 is 27.4 Å². The summed E-state index contributed by atoms with van der Waals surface area (Å²) in [6.07, 6.45) is 0.00845. The number of anilines is 2. The molecular formula is C39H33N13O13. The number of azo groups is 2. The van der Waals surface area contributed by atoms with E-state index in [4.69, 9.17) is 6.57 Å². The number of carbonyl (C=O) groups is 4. The Kier molecular flexibility index (Phi) is 15.2. The van der Waals surface area contributed by atoms with Gasteiger partial charge in [0.1, 0.15) is 28.7 Å². The second-order valence-electron chi connectivity index (χ2n) is 12.8. The number of carboxylic acid groups (broad SMARTS) is 4. The molecule has 332 valence electrons. The Morgan fingerprint density at radius 2 is 1.31 bits per heavy atom. The van der Waals surface area contributed by atoms with E-state index >= 15 is 0 Å². The van der Waals surface area contributed by atoms with E-state index in [-0.39, 0.29) is 53.3 Å². The number of hydrogen-bond acceptors (Lipinski definition) is 18. The number of H-pyrrole nitrogens is 1. The molecule has 0 fully saturated rings. The van der Waals surface area contributed by atoms with Gasteiger partial charge >= 0.3 is 29.6 Å². The minimum Gasteiger partial charge on any atom is -0.503 e. The number of aromatic hydroxyl groups is 2. The number of nitriles is 1. The van der Waals surface area contributed by atoms with Gasteiger partial charge in [0.2, 0.25) is 23.5 Å². The van der Waals surface area contributed by atoms with Crippen LogP contribution in [-0.4, -0.2) is 85.1 Å². The fraction of sp³-hybridized carbons (Fsp3) is 0.154. The number of benzene rings is 2. The van der Waals surface area contributed by atoms with Gasteiger partial charge in [0.25, 0.3) is 11.1 Å². The number of rotatable bonds is 16. The summed E-state index contributed by atoms with van der Waals surface area (Å²) < 4.78 is 1.41. The lowest BCUT2D eigenvalue weighted by Gasteiger charge is -2.14. The molecule has 5 aromatic rings. The summed E-state index contributed by atoms with van der Waals surface area (Å²) in [7, 11) is 0. The first kappa shape index (κ1) is 47.8. The molecule has 3 aromatic heterocycles. The van der Waals surface area contributed by atoms with Crippen molar-refractivity contribution in [2.45, 2.75) is 33.5 Å². The SMILES string of the molecule is C=C.[C-]#[N+]c1c(C)c(N=Nc2cc(C(=O)O)ccc2C(=O)O)c(=O)n(CNc2nc(NCCCn3c(O)c(C#N)c(C)c(N=Nc4cc(C(=O)O)ccc4C(=O)O)c3=O)[nH]c(=O)n2)c1O. The number of aromatic carboxylic acids is 4. The molecule has 26 heteroatoms. The summed E-state index contributed by atoms with van der Waals surface area (Å²) >= 11 is 0. The van der Waals surface area contributed by atoms with Gasteiger partial charge in [-0.1, -0.05) is 0 Å². The van der Waals surface area contributed by atoms with Gasteiger partial charge in [0, 0.05) is 18.7 Å². The van der Waals surface area contributed by atoms with Crippen LogP contribution in [0.4, 0.5) is 40.3 Å². The molecule has 0 aliphatic carbocycles. The lowest BCUT2D eigenvalue weighted by Crippen LogP contribution is -2.26. The van der Waals surface area contributed by atoms with E-state index < -0.39 is 105 Å². The molecule has 65 heavy (non-hydrogen) atoms. The number of carboxylic acids is 4. The van der Waals surface area contributed by atoms with Gasteiger partial charge in [-0.25, -0.2) is 28.8 Å². The molecule has 0 aliphatic rings. The number of pyridine rings is 2. The molecular weight excluding hydrogens is 859 g/mol. The normalized spacial score (nSPS) is 10.7. The van der Waals surface area contributed by atoms with Gasteiger partial charge in [0.15, 0.2) is 11.6 Å². The summed E-state index contributed by atoms with van der Waals surface area (Å²) in [5.74, 6) is -7.89. The summed E-state index contributed by atoms with van der Waals surface area (Å²) in [6.45, 7) is 15.1. The Hall–Kier alpha value is -9.85. The number of hydrogen-bond donors (Lipinski definition) is 9. The van der Waals surface area contributed by atoms with Gasteiger partial charge < -0.3 is 41.3 Å². The number of aromatic nitrogens is 5. The predicted octanol–water partition coefficient (Wildman–Crippen LogP) is 4.94. The van der Waals surface area contributed by atoms with Crippen LogP contribution in [0.5, 0.6) is 11.8 Å². The highest BCUT2D eigenvalue weighted by Gasteiger charge is 2.22. The molecule has 0 bridgehead atoms. The van der Waals surface area contributed by atoms with Crippen molar-refractivity contribution in [3.63, 3.8) is 0 Å². The van der Waals surface area contributed by atoms with Crippen LogP contribution in [0, 0.1) is 31.8 Å². The van der Waals surface area contributed by atoms with Crippen molar-refractivity contribution >= 4 is 64.2 Å². The number of nitrogens with one attached hydrogen (secondary N) is 3. The van der Waals surface area contributed by atoms with E-state index in [9.17, 15) is 69.5 Å². The first-order valence-electron chi connectivity index (χ1n) is 18.1. The molecule has 0 aliphatic heterocycles. The molecule has 5 rings (SSSR count). The maximum Gasteiger partial charge on any atom is 0.350 e. The molecule has 3 heterocycles. The van der Waals surface area contributed by atoms with E-state index in [0.717, 1.165) is 41.0 Å². The monoisotopic (exact) mass is 891 g/mol. The maximum atomic E-state index is 13.5. The zero-order valence-electron chi connectivity index (χ0n) is 33.7. The van der Waals surface area contributed by atoms with Crippen molar-refractivity contribution in [3.8, 4) is 17.8 Å². The smallest absolute Gasteiger partial charge is 0.350 e. The molecule has 0 saturated carbocycles. The van der Waals surface area contributed by atoms with Crippen LogP contribution >= 0.6 is 0 Å². The van der Waals surface area contributed by atoms with Crippen LogP contribution in [0.25, 0.3) is 4.85 Å². The molecule has 0 amide bonds. The minimum atomic E-state index is -1.48. The first-order valence-corrected chi connectivity index (χ1v) is 18.1. The fourth-order valence-corrected chi connectivity index (χ4v) is 5.66. The maximum absolute atomic E-state index is 13.5. The van der Waals surface area contributed by atoms with Gasteiger partial charge in [-0.05, 0) is 62.2 Å². The summed E-state index contributed by atoms with van der Waals surface area (Å²) in [5, 5.41) is 89.5. The standard InChI is InChI=1S/C37H29N13O13.C2H4/c1-15-21(13-38)27(51)49(29(53)25(15)47-45-22-11-17(31(55)56)5-7-19(22)33(59)60)10-4-9-40-35-42-36(44-37(63)43-35)41-14-50-28(52)24(39-3)16(2)26(30(50)54)48-46-23-12-18(32(57)58)6-8-20(23)34(61)62;1-2/h5-8,11-12,51-52H,4,9-10,14H2,1-2H3,(H,55,56)(H,57,58)(H,59,60)(H,61,62)(H3,40,41,42,43,44,63);1-2H2. The minimum absolute atomic E-state index is 0.00845. The lowest BCUT2D eigenvalue weighted by atomic mass is 10.1. The zero-order chi connectivity index (χ0) is 48.3. The third-order valence-electron chi connectivity index (χ3n) is 8.87. The molecule has 0 spiro atoms. The summed E-state index contributed by atoms with van der Waals surface area (Å²) in [5.41, 5.74) is -7.37. The van der Waals surface area contributed by atoms with Gasteiger partial charge in [-0.15, -0.1) is 33.6 Å². The summed E-state index contributed by atoms with van der Waals surface area (Å²) in [6, 6.07) is 7.62. The Morgan fingerprint density at radius 3 is 1.80 bits per heavy atom. The molecule has 2 aromatic carbocycles. The van der Waals surface area contributed by atoms with Gasteiger partial charge in [0.05, 0.1) is 35.5 Å². The third-order valence-corrected chi connectivity index (χ3v) is 8.87. The fourth-order valence-electron chi connectivity index (χ4n) is 5.66. The largest absolute Gasteiger partial charge is 0.503 e. The summed E-state index contributed by atoms with van der Waals surface area (Å²) in [4.78, 5) is 99.0. The molecule has 9 N–H and O–H groups in total. The second kappa shape index (κ2) is 20.6. The molecule has 0 radical (unpaired) electrons. The molecule has 0 atom stereocenters. The van der Waals surface area contributed by atoms with Crippen LogP contribution in [0.15, 0.2) is 84.4 Å². The number of aromatic amines is 1. The average molecular weight is 892 g/mol. The van der Waals surface area contributed by atoms with Crippen LogP contribution in [0.1, 0.15) is 64.5 Å². The zero-order valence-corrected chi connectivity index (χ0v) is 33.7. The quantitative estimate of drug-likeness (QED) is 0.0274. The van der Waals surface area contributed by atoms with E-state index in [1.54, 1.807) is 6.07 Å². The van der Waals surface area contributed by atoms with E-state index in [1.165, 1.54) is 13.8 Å². The predicted molar refractivity (Wildman–Crippen MR) is 225 cm³/mol. The molecule has 26 nitrogen and oxygen atoms in total. The molecule has 0 saturated heterocycles. The Balaban J connectivity index is 0.00000456. The number of nitrogens with zero attached hydrogens (tertiary/aromatic N) is 10. The van der Waals surface area contributed by atoms with Crippen LogP contribution in [-0.2, 0) is 13.2 Å². The third kappa shape index (κ3) is 10.5. The first-order chi connectivity index (χ1) is 30.9. The van der Waals surface area contributed by atoms with Crippen LogP contribution in [0.3, 0.4) is 0 Å². The van der Waals surface area contributed by atoms with E-state index in [1.807, 2.05) is 0 Å². The highest BCUT2D eigenvalue weighted by Crippen LogP contribution is 2.35. The van der Waals surface area contributed by atoms with Crippen molar-refractivity contribution in [1.82, 2.24) is 24.1 Å². The van der Waals surface area contributed by atoms with Crippen molar-refractivity contribution in [3.05, 3.63) is 131 Å². The second-order valence-corrected chi connectivity index (χ2v) is 12.8. The van der Waals surface area contributed by atoms with Crippen LogP contribution in [0.2, 0.25) is 0 Å². The van der Waals surface area contributed by atoms with E-state index in [2.05, 4.69) is 64.0 Å². The highest BCUT2D eigenvalue weighted by molar-refractivity contribution is 5.97. The topological polar surface area (TPSA) is 394 Å². The Morgan fingerprint density at radius 1 is 0.785 bits per heavy atom. The Labute approximate surface area is 362 Å². The average Bonchev–Trinajstić information content (AvgIpc) is 3.26. The van der Waals surface area contributed by atoms with Gasteiger partial charge in [-0.2, -0.15) is 15.2 Å². The van der Waals surface area contributed by atoms with Crippen molar-refractivity contribution in [2.75, 3.05) is 17.2 Å². The van der Waals surface area contributed by atoms with Crippen molar-refractivity contribution in [1.29, 1.82) is 5.26 Å². The lowest BCUT2D eigenvalue weighted by molar-refractivity contribution is 0.0682. The van der Waals surface area contributed by atoms with Crippen molar-refractivity contribution in [2.24, 2.45) is 20.5 Å². The van der Waals surface area contributed by atoms with Crippen molar-refractivity contribution < 1.29 is 49.8 Å². The Bertz CT molecular complexity index is 3100. The van der Waals surface area contributed by atoms with Gasteiger partial charge in [-0.3, -0.25) is 23.7 Å².